The molecule has 0 bridgehead atoms. The smallest absolute Gasteiger partial charge is 0.145 e. The van der Waals surface area contributed by atoms with Crippen LogP contribution in [0, 0.1) is 6.92 Å². The fourth-order valence-corrected chi connectivity index (χ4v) is 0.498. The van der Waals surface area contributed by atoms with Crippen LogP contribution in [0.3, 0.4) is 0 Å². The summed E-state index contributed by atoms with van der Waals surface area (Å²) in [6.45, 7) is 3.25. The average Bonchev–Trinajstić information content (AvgIpc) is 2.18. The lowest BCUT2D eigenvalue weighted by Gasteiger charge is -1.93. The molecule has 1 saturated carbocycles. The molecular formula is C5H7F2. The largest absolute Gasteiger partial charge is 0.244 e. The Balaban J connectivity index is 2.36. The molecule has 0 aromatic heterocycles. The van der Waals surface area contributed by atoms with Gasteiger partial charge in [-0.1, -0.05) is 6.92 Å². The van der Waals surface area contributed by atoms with Gasteiger partial charge in [-0.15, -0.1) is 0 Å². The minimum Gasteiger partial charge on any atom is -0.244 e. The van der Waals surface area contributed by atoms with E-state index in [-0.39, 0.29) is 12.8 Å². The maximum atomic E-state index is 12.2. The van der Waals surface area contributed by atoms with E-state index in [2.05, 4.69) is 6.92 Å². The Kier molecular flexibility index (Phi) is 0.839. The van der Waals surface area contributed by atoms with Crippen LogP contribution in [-0.2, 0) is 0 Å². The van der Waals surface area contributed by atoms with Crippen LogP contribution in [0.2, 0.25) is 0 Å². The minimum absolute atomic E-state index is 0.0660. The summed E-state index contributed by atoms with van der Waals surface area (Å²) < 4.78 is 23.9. The van der Waals surface area contributed by atoms with Crippen molar-refractivity contribution in [2.45, 2.75) is 24.7 Å². The molecule has 0 heterocycles. The predicted molar refractivity (Wildman–Crippen MR) is 23.3 cm³/mol. The summed E-state index contributed by atoms with van der Waals surface area (Å²) >= 11 is 0. The monoisotopic (exact) mass is 105 g/mol. The van der Waals surface area contributed by atoms with Crippen molar-refractivity contribution in [3.8, 4) is 0 Å². The minimum atomic E-state index is -1.53. The zero-order valence-corrected chi connectivity index (χ0v) is 3.95. The molecule has 0 aromatic carbocycles. The van der Waals surface area contributed by atoms with Crippen molar-refractivity contribution < 1.29 is 8.78 Å². The number of rotatable bonds is 1. The van der Waals surface area contributed by atoms with Gasteiger partial charge in [0.25, 0.3) is 0 Å². The summed E-state index contributed by atoms with van der Waals surface area (Å²) in [5.41, 5.74) is -1.53. The molecule has 7 heavy (non-hydrogen) atoms. The molecule has 0 amide bonds. The topological polar surface area (TPSA) is 0 Å². The Morgan fingerprint density at radius 2 is 2.29 bits per heavy atom. The third-order valence-corrected chi connectivity index (χ3v) is 1.34. The number of halogens is 2. The van der Waals surface area contributed by atoms with Gasteiger partial charge in [-0.2, -0.15) is 0 Å². The SMILES string of the molecule is [CH2]CC1(F)CC1F. The van der Waals surface area contributed by atoms with Gasteiger partial charge >= 0.3 is 0 Å². The van der Waals surface area contributed by atoms with Crippen LogP contribution in [0.1, 0.15) is 12.8 Å². The Labute approximate surface area is 41.5 Å². The molecule has 2 unspecified atom stereocenters. The molecule has 1 rings (SSSR count). The molecule has 0 spiro atoms. The molecule has 1 aliphatic carbocycles. The highest BCUT2D eigenvalue weighted by molar-refractivity contribution is 5.05. The van der Waals surface area contributed by atoms with Crippen molar-refractivity contribution in [1.82, 2.24) is 0 Å². The molecule has 41 valence electrons. The Bertz CT molecular complexity index is 78.1. The van der Waals surface area contributed by atoms with Crippen molar-refractivity contribution in [3.05, 3.63) is 6.92 Å². The van der Waals surface area contributed by atoms with Gasteiger partial charge in [-0.25, -0.2) is 8.78 Å². The van der Waals surface area contributed by atoms with Crippen molar-refractivity contribution in [1.29, 1.82) is 0 Å². The van der Waals surface area contributed by atoms with E-state index in [0.717, 1.165) is 0 Å². The summed E-state index contributed by atoms with van der Waals surface area (Å²) in [6, 6.07) is 0. The van der Waals surface area contributed by atoms with Crippen LogP contribution in [0.15, 0.2) is 0 Å². The zero-order chi connectivity index (χ0) is 5.49. The van der Waals surface area contributed by atoms with Crippen LogP contribution < -0.4 is 0 Å². The predicted octanol–water partition coefficient (Wildman–Crippen LogP) is 1.66. The molecule has 1 aliphatic rings. The fourth-order valence-electron chi connectivity index (χ4n) is 0.498. The molecule has 1 radical (unpaired) electrons. The van der Waals surface area contributed by atoms with Gasteiger partial charge in [0.05, 0.1) is 0 Å². The van der Waals surface area contributed by atoms with Gasteiger partial charge in [0.15, 0.2) is 0 Å². The molecule has 1 fully saturated rings. The molecule has 0 aromatic rings. The molecule has 0 N–H and O–H groups in total. The molecule has 0 nitrogen and oxygen atoms in total. The molecule has 0 aliphatic heterocycles. The van der Waals surface area contributed by atoms with E-state index in [1.54, 1.807) is 0 Å². The quantitative estimate of drug-likeness (QED) is 0.475. The Morgan fingerprint density at radius 3 is 2.29 bits per heavy atom. The third-order valence-electron chi connectivity index (χ3n) is 1.34. The van der Waals surface area contributed by atoms with E-state index in [0.29, 0.717) is 0 Å². The first-order valence-corrected chi connectivity index (χ1v) is 2.31. The first-order chi connectivity index (χ1) is 3.19. The van der Waals surface area contributed by atoms with Crippen molar-refractivity contribution >= 4 is 0 Å². The van der Waals surface area contributed by atoms with E-state index in [4.69, 9.17) is 0 Å². The second kappa shape index (κ2) is 1.17. The van der Waals surface area contributed by atoms with E-state index < -0.39 is 11.8 Å². The van der Waals surface area contributed by atoms with Crippen LogP contribution in [0.4, 0.5) is 8.78 Å². The lowest BCUT2D eigenvalue weighted by atomic mass is 10.3. The lowest BCUT2D eigenvalue weighted by molar-refractivity contribution is 0.250. The highest BCUT2D eigenvalue weighted by Gasteiger charge is 2.54. The second-order valence-corrected chi connectivity index (χ2v) is 1.96. The summed E-state index contributed by atoms with van der Waals surface area (Å²) in [5, 5.41) is 0. The van der Waals surface area contributed by atoms with Crippen LogP contribution >= 0.6 is 0 Å². The molecule has 2 atom stereocenters. The fraction of sp³-hybridized carbons (Fsp3) is 0.800. The number of alkyl halides is 2. The number of hydrogen-bond donors (Lipinski definition) is 0. The zero-order valence-electron chi connectivity index (χ0n) is 3.95. The van der Waals surface area contributed by atoms with Gasteiger partial charge in [-0.05, 0) is 6.42 Å². The van der Waals surface area contributed by atoms with Gasteiger partial charge < -0.3 is 0 Å². The average molecular weight is 105 g/mol. The Hall–Kier alpha value is -0.140. The summed E-state index contributed by atoms with van der Waals surface area (Å²) in [7, 11) is 0. The van der Waals surface area contributed by atoms with Crippen molar-refractivity contribution in [3.63, 3.8) is 0 Å². The highest BCUT2D eigenvalue weighted by atomic mass is 19.2. The summed E-state index contributed by atoms with van der Waals surface area (Å²) in [6.07, 6.45) is -1.07. The van der Waals surface area contributed by atoms with Crippen molar-refractivity contribution in [2.24, 2.45) is 0 Å². The first kappa shape index (κ1) is 5.01. The van der Waals surface area contributed by atoms with Gasteiger partial charge in [0.1, 0.15) is 11.8 Å². The highest BCUT2D eigenvalue weighted by Crippen LogP contribution is 2.45. The molecular weight excluding hydrogens is 98.1 g/mol. The number of hydrogen-bond acceptors (Lipinski definition) is 0. The van der Waals surface area contributed by atoms with Crippen LogP contribution in [0.5, 0.6) is 0 Å². The standard InChI is InChI=1S/C5H7F2/c1-2-5(7)3-4(5)6/h4H,1-3H2. The summed E-state index contributed by atoms with van der Waals surface area (Å²) in [5.74, 6) is 0. The van der Waals surface area contributed by atoms with Gasteiger partial charge in [0, 0.05) is 6.42 Å². The van der Waals surface area contributed by atoms with E-state index >= 15 is 0 Å². The molecule has 0 saturated heterocycles. The lowest BCUT2D eigenvalue weighted by Crippen LogP contribution is -2.00. The van der Waals surface area contributed by atoms with E-state index in [1.807, 2.05) is 0 Å². The molecule has 2 heteroatoms. The van der Waals surface area contributed by atoms with Gasteiger partial charge in [0.2, 0.25) is 0 Å². The third kappa shape index (κ3) is 0.621. The van der Waals surface area contributed by atoms with Crippen LogP contribution in [0.25, 0.3) is 0 Å². The van der Waals surface area contributed by atoms with Crippen molar-refractivity contribution in [2.75, 3.05) is 0 Å². The Morgan fingerprint density at radius 1 is 1.86 bits per heavy atom. The van der Waals surface area contributed by atoms with E-state index in [1.165, 1.54) is 0 Å². The maximum absolute atomic E-state index is 12.2. The first-order valence-electron chi connectivity index (χ1n) is 2.31. The van der Waals surface area contributed by atoms with E-state index in [9.17, 15) is 8.78 Å². The van der Waals surface area contributed by atoms with Crippen LogP contribution in [-0.4, -0.2) is 11.8 Å². The van der Waals surface area contributed by atoms with Gasteiger partial charge in [-0.3, -0.25) is 0 Å². The second-order valence-electron chi connectivity index (χ2n) is 1.96. The normalized spacial score (nSPS) is 49.3. The maximum Gasteiger partial charge on any atom is 0.145 e. The summed E-state index contributed by atoms with van der Waals surface area (Å²) in [4.78, 5) is 0.